The van der Waals surface area contributed by atoms with E-state index in [9.17, 15) is 19.7 Å². The van der Waals surface area contributed by atoms with Crippen LogP contribution < -0.4 is 10.6 Å². The number of carbonyl (C=O) groups is 2. The Morgan fingerprint density at radius 1 is 0.968 bits per heavy atom. The number of ether oxygens (including phenoxy) is 1. The maximum atomic E-state index is 13.2. The number of aryl methyl sites for hydroxylation is 2. The van der Waals surface area contributed by atoms with E-state index in [-0.39, 0.29) is 16.9 Å². The third-order valence-corrected chi connectivity index (χ3v) is 5.17. The van der Waals surface area contributed by atoms with Crippen LogP contribution in [0.4, 0.5) is 22.7 Å². The summed E-state index contributed by atoms with van der Waals surface area (Å²) in [7, 11) is 0. The van der Waals surface area contributed by atoms with Gasteiger partial charge >= 0.3 is 5.97 Å². The largest absolute Gasteiger partial charge is 0.452 e. The first kappa shape index (κ1) is 20.1. The number of nitro groups is 1. The number of carbonyl (C=O) groups excluding carboxylic acids is 2. The van der Waals surface area contributed by atoms with Gasteiger partial charge in [-0.25, -0.2) is 4.79 Å². The van der Waals surface area contributed by atoms with Crippen LogP contribution in [-0.2, 0) is 22.4 Å². The van der Waals surface area contributed by atoms with Gasteiger partial charge in [0.05, 0.1) is 27.5 Å². The molecule has 1 aliphatic heterocycles. The van der Waals surface area contributed by atoms with E-state index in [0.29, 0.717) is 0 Å². The van der Waals surface area contributed by atoms with E-state index in [1.807, 2.05) is 48.5 Å². The van der Waals surface area contributed by atoms with Crippen LogP contribution in [0.5, 0.6) is 0 Å². The number of hydrogen-bond donors (Lipinski definition) is 1. The van der Waals surface area contributed by atoms with Crippen molar-refractivity contribution in [1.82, 2.24) is 0 Å². The summed E-state index contributed by atoms with van der Waals surface area (Å²) in [6.07, 6.45) is 1.58. The lowest BCUT2D eigenvalue weighted by molar-refractivity contribution is -0.384. The summed E-state index contributed by atoms with van der Waals surface area (Å²) < 4.78 is 5.22. The number of amides is 1. The number of nitrogen functional groups attached to an aromatic ring is 1. The fourth-order valence-electron chi connectivity index (χ4n) is 3.67. The predicted octanol–water partition coefficient (Wildman–Crippen LogP) is 3.80. The molecule has 0 saturated heterocycles. The third kappa shape index (κ3) is 3.95. The normalized spacial score (nSPS) is 12.3. The van der Waals surface area contributed by atoms with Crippen LogP contribution in [0.25, 0.3) is 0 Å². The zero-order valence-corrected chi connectivity index (χ0v) is 16.5. The first-order chi connectivity index (χ1) is 15.0. The molecular formula is C23H19N3O5. The fraction of sp³-hybridized carbons (Fsp3) is 0.130. The molecule has 0 aromatic heterocycles. The third-order valence-electron chi connectivity index (χ3n) is 5.17. The second kappa shape index (κ2) is 8.27. The molecule has 0 saturated carbocycles. The van der Waals surface area contributed by atoms with E-state index in [4.69, 9.17) is 10.5 Å². The van der Waals surface area contributed by atoms with E-state index in [2.05, 4.69) is 0 Å². The molecule has 8 heteroatoms. The lowest BCUT2D eigenvalue weighted by Crippen LogP contribution is -2.31. The highest BCUT2D eigenvalue weighted by Gasteiger charge is 2.26. The molecule has 2 N–H and O–H groups in total. The molecule has 3 aromatic carbocycles. The topological polar surface area (TPSA) is 116 Å². The van der Waals surface area contributed by atoms with Gasteiger partial charge in [-0.3, -0.25) is 19.8 Å². The quantitative estimate of drug-likeness (QED) is 0.299. The monoisotopic (exact) mass is 417 g/mol. The van der Waals surface area contributed by atoms with Crippen LogP contribution in [0.15, 0.2) is 66.7 Å². The van der Waals surface area contributed by atoms with Gasteiger partial charge in [-0.2, -0.15) is 0 Å². The van der Waals surface area contributed by atoms with Crippen molar-refractivity contribution in [2.24, 2.45) is 0 Å². The first-order valence-electron chi connectivity index (χ1n) is 9.65. The standard InChI is InChI=1S/C23H19N3O5/c24-19-13-17(26(29)30)11-12-18(19)23(28)31-14-22(27)25-20-7-3-1-5-15(20)9-10-16-6-2-4-8-21(16)25/h1-8,11-13H,9-10,14,24H2. The number of esters is 1. The summed E-state index contributed by atoms with van der Waals surface area (Å²) in [5.74, 6) is -1.23. The molecule has 4 rings (SSSR count). The van der Waals surface area contributed by atoms with Crippen molar-refractivity contribution in [3.63, 3.8) is 0 Å². The number of hydrogen-bond acceptors (Lipinski definition) is 6. The van der Waals surface area contributed by atoms with Crippen molar-refractivity contribution < 1.29 is 19.2 Å². The highest BCUT2D eigenvalue weighted by atomic mass is 16.6. The summed E-state index contributed by atoms with van der Waals surface area (Å²) in [6.45, 7) is -0.502. The van der Waals surface area contributed by atoms with Gasteiger partial charge < -0.3 is 10.5 Å². The maximum absolute atomic E-state index is 13.2. The summed E-state index contributed by atoms with van der Waals surface area (Å²) in [6, 6.07) is 18.7. The second-order valence-corrected chi connectivity index (χ2v) is 7.09. The maximum Gasteiger partial charge on any atom is 0.340 e. The summed E-state index contributed by atoms with van der Waals surface area (Å²) in [5.41, 5.74) is 8.96. The molecule has 3 aromatic rings. The van der Waals surface area contributed by atoms with Crippen molar-refractivity contribution in [2.75, 3.05) is 17.2 Å². The van der Waals surface area contributed by atoms with Gasteiger partial charge in [0.25, 0.3) is 11.6 Å². The number of fused-ring (bicyclic) bond motifs is 2. The van der Waals surface area contributed by atoms with Gasteiger partial charge in [-0.1, -0.05) is 36.4 Å². The molecule has 31 heavy (non-hydrogen) atoms. The van der Waals surface area contributed by atoms with E-state index in [0.717, 1.165) is 47.5 Å². The molecule has 0 bridgehead atoms. The summed E-state index contributed by atoms with van der Waals surface area (Å²) in [5, 5.41) is 10.8. The SMILES string of the molecule is Nc1cc([N+](=O)[O-])ccc1C(=O)OCC(=O)N1c2ccccc2CCc2ccccc21. The molecule has 0 atom stereocenters. The van der Waals surface area contributed by atoms with Crippen molar-refractivity contribution >= 4 is 34.6 Å². The van der Waals surface area contributed by atoms with Gasteiger partial charge in [0.2, 0.25) is 0 Å². The van der Waals surface area contributed by atoms with E-state index < -0.39 is 23.4 Å². The molecule has 156 valence electrons. The molecule has 1 heterocycles. The molecule has 1 amide bonds. The number of benzene rings is 3. The summed E-state index contributed by atoms with van der Waals surface area (Å²) in [4.78, 5) is 37.4. The Kier molecular flexibility index (Phi) is 5.36. The molecule has 0 radical (unpaired) electrons. The van der Waals surface area contributed by atoms with E-state index in [1.165, 1.54) is 6.07 Å². The Labute approximate surface area is 178 Å². The zero-order chi connectivity index (χ0) is 22.0. The van der Waals surface area contributed by atoms with Crippen LogP contribution in [-0.4, -0.2) is 23.4 Å². The van der Waals surface area contributed by atoms with E-state index in [1.54, 1.807) is 4.90 Å². The van der Waals surface area contributed by atoms with Crippen LogP contribution >= 0.6 is 0 Å². The number of non-ortho nitro benzene ring substituents is 1. The van der Waals surface area contributed by atoms with E-state index >= 15 is 0 Å². The van der Waals surface area contributed by atoms with Crippen molar-refractivity contribution in [1.29, 1.82) is 0 Å². The Morgan fingerprint density at radius 2 is 1.55 bits per heavy atom. The number of anilines is 3. The van der Waals surface area contributed by atoms with Crippen LogP contribution in [0.2, 0.25) is 0 Å². The molecule has 8 nitrogen and oxygen atoms in total. The smallest absolute Gasteiger partial charge is 0.340 e. The Balaban J connectivity index is 1.58. The van der Waals surface area contributed by atoms with Crippen LogP contribution in [0.3, 0.4) is 0 Å². The minimum absolute atomic E-state index is 0.0323. The molecule has 0 unspecified atom stereocenters. The molecule has 0 fully saturated rings. The van der Waals surface area contributed by atoms with Crippen molar-refractivity contribution in [3.05, 3.63) is 93.5 Å². The van der Waals surface area contributed by atoms with Gasteiger partial charge in [-0.05, 0) is 42.2 Å². The van der Waals surface area contributed by atoms with Crippen molar-refractivity contribution in [2.45, 2.75) is 12.8 Å². The van der Waals surface area contributed by atoms with Gasteiger partial charge in [0, 0.05) is 12.1 Å². The lowest BCUT2D eigenvalue weighted by Gasteiger charge is -2.24. The summed E-state index contributed by atoms with van der Waals surface area (Å²) >= 11 is 0. The molecular weight excluding hydrogens is 398 g/mol. The van der Waals surface area contributed by atoms with Crippen LogP contribution in [0.1, 0.15) is 21.5 Å². The van der Waals surface area contributed by atoms with Crippen molar-refractivity contribution in [3.8, 4) is 0 Å². The second-order valence-electron chi connectivity index (χ2n) is 7.09. The Bertz CT molecular complexity index is 1140. The number of nitrogens with two attached hydrogens (primary N) is 1. The number of para-hydroxylation sites is 2. The molecule has 0 aliphatic carbocycles. The number of rotatable bonds is 4. The Morgan fingerprint density at radius 3 is 2.10 bits per heavy atom. The highest BCUT2D eigenvalue weighted by Crippen LogP contribution is 2.36. The molecule has 1 aliphatic rings. The minimum atomic E-state index is -0.822. The average Bonchev–Trinajstić information content (AvgIpc) is 2.94. The number of nitrogens with zero attached hydrogens (tertiary/aromatic N) is 2. The average molecular weight is 417 g/mol. The minimum Gasteiger partial charge on any atom is -0.452 e. The van der Waals surface area contributed by atoms with Gasteiger partial charge in [0.15, 0.2) is 6.61 Å². The van der Waals surface area contributed by atoms with Crippen LogP contribution in [0, 0.1) is 10.1 Å². The lowest BCUT2D eigenvalue weighted by atomic mass is 10.0. The predicted molar refractivity (Wildman–Crippen MR) is 115 cm³/mol. The number of nitro benzene ring substituents is 1. The fourth-order valence-corrected chi connectivity index (χ4v) is 3.67. The zero-order valence-electron chi connectivity index (χ0n) is 16.5. The highest BCUT2D eigenvalue weighted by molar-refractivity contribution is 6.04. The van der Waals surface area contributed by atoms with Gasteiger partial charge in [0.1, 0.15) is 0 Å². The Hall–Kier alpha value is -4.20. The first-order valence-corrected chi connectivity index (χ1v) is 9.65. The van der Waals surface area contributed by atoms with Gasteiger partial charge in [-0.15, -0.1) is 0 Å². The molecule has 0 spiro atoms.